The number of hydrogen-bond acceptors (Lipinski definition) is 5. The zero-order chi connectivity index (χ0) is 12.5. The third-order valence-corrected chi connectivity index (χ3v) is 2.79. The molecule has 3 aromatic rings. The van der Waals surface area contributed by atoms with E-state index in [1.54, 1.807) is 25.7 Å². The molecule has 0 saturated heterocycles. The summed E-state index contributed by atoms with van der Waals surface area (Å²) < 4.78 is 10.2. The Balaban J connectivity index is 2.15. The van der Waals surface area contributed by atoms with Gasteiger partial charge in [-0.25, -0.2) is 4.98 Å². The van der Waals surface area contributed by atoms with Crippen LogP contribution in [0.25, 0.3) is 22.2 Å². The van der Waals surface area contributed by atoms with Crippen LogP contribution in [-0.2, 0) is 0 Å². The predicted octanol–water partition coefficient (Wildman–Crippen LogP) is 2.60. The standard InChI is InChI=1S/C13H11N3O2/c1-8-12-4-10(6-15-13(12)18-16-8)9-3-11(17-2)7-14-5-9/h3-7H,1-2H3. The molecule has 3 rings (SSSR count). The second-order valence-electron chi connectivity index (χ2n) is 3.96. The maximum atomic E-state index is 5.16. The van der Waals surface area contributed by atoms with E-state index in [0.717, 1.165) is 28.0 Å². The Bertz CT molecular complexity index is 706. The van der Waals surface area contributed by atoms with E-state index in [-0.39, 0.29) is 0 Å². The first-order valence-corrected chi connectivity index (χ1v) is 5.49. The first kappa shape index (κ1) is 10.7. The topological polar surface area (TPSA) is 61.0 Å². The molecule has 3 heterocycles. The van der Waals surface area contributed by atoms with Crippen LogP contribution in [0, 0.1) is 6.92 Å². The first-order chi connectivity index (χ1) is 8.78. The number of ether oxygens (including phenoxy) is 1. The highest BCUT2D eigenvalue weighted by molar-refractivity contribution is 5.81. The maximum Gasteiger partial charge on any atom is 0.257 e. The van der Waals surface area contributed by atoms with E-state index in [4.69, 9.17) is 9.26 Å². The zero-order valence-electron chi connectivity index (χ0n) is 10.0. The van der Waals surface area contributed by atoms with Crippen molar-refractivity contribution in [1.29, 1.82) is 0 Å². The number of rotatable bonds is 2. The molecule has 0 N–H and O–H groups in total. The fourth-order valence-electron chi connectivity index (χ4n) is 1.79. The molecule has 0 aliphatic carbocycles. The van der Waals surface area contributed by atoms with Crippen LogP contribution >= 0.6 is 0 Å². The third kappa shape index (κ3) is 1.69. The lowest BCUT2D eigenvalue weighted by atomic mass is 10.1. The molecule has 0 radical (unpaired) electrons. The Kier molecular flexibility index (Phi) is 2.44. The van der Waals surface area contributed by atoms with Crippen molar-refractivity contribution in [2.75, 3.05) is 7.11 Å². The lowest BCUT2D eigenvalue weighted by Crippen LogP contribution is -1.87. The van der Waals surface area contributed by atoms with Gasteiger partial charge in [0.1, 0.15) is 5.75 Å². The summed E-state index contributed by atoms with van der Waals surface area (Å²) in [5.41, 5.74) is 3.28. The summed E-state index contributed by atoms with van der Waals surface area (Å²) in [7, 11) is 1.62. The lowest BCUT2D eigenvalue weighted by Gasteiger charge is -2.03. The summed E-state index contributed by atoms with van der Waals surface area (Å²) in [5.74, 6) is 0.717. The average molecular weight is 241 g/mol. The number of fused-ring (bicyclic) bond motifs is 1. The summed E-state index contributed by atoms with van der Waals surface area (Å²) in [6.45, 7) is 1.89. The van der Waals surface area contributed by atoms with Crippen molar-refractivity contribution < 1.29 is 9.26 Å². The molecule has 3 aromatic heterocycles. The fraction of sp³-hybridized carbons (Fsp3) is 0.154. The molecule has 0 aliphatic rings. The van der Waals surface area contributed by atoms with Crippen molar-refractivity contribution >= 4 is 11.1 Å². The van der Waals surface area contributed by atoms with E-state index in [1.807, 2.05) is 19.1 Å². The van der Waals surface area contributed by atoms with Gasteiger partial charge in [-0.1, -0.05) is 5.16 Å². The second-order valence-corrected chi connectivity index (χ2v) is 3.96. The molecule has 0 saturated carbocycles. The quantitative estimate of drug-likeness (QED) is 0.690. The van der Waals surface area contributed by atoms with Crippen molar-refractivity contribution in [2.45, 2.75) is 6.92 Å². The van der Waals surface area contributed by atoms with Crippen LogP contribution in [-0.4, -0.2) is 22.2 Å². The highest BCUT2D eigenvalue weighted by Gasteiger charge is 2.08. The fourth-order valence-corrected chi connectivity index (χ4v) is 1.79. The lowest BCUT2D eigenvalue weighted by molar-refractivity contribution is 0.413. The second kappa shape index (κ2) is 4.10. The van der Waals surface area contributed by atoms with Gasteiger partial charge >= 0.3 is 0 Å². The number of pyridine rings is 2. The van der Waals surface area contributed by atoms with Crippen LogP contribution < -0.4 is 4.74 Å². The third-order valence-electron chi connectivity index (χ3n) is 2.79. The van der Waals surface area contributed by atoms with E-state index in [1.165, 1.54) is 0 Å². The molecule has 0 aliphatic heterocycles. The van der Waals surface area contributed by atoms with E-state index in [0.29, 0.717) is 5.71 Å². The van der Waals surface area contributed by atoms with Gasteiger partial charge in [0.05, 0.1) is 24.4 Å². The average Bonchev–Trinajstić information content (AvgIpc) is 2.80. The minimum absolute atomic E-state index is 0.548. The van der Waals surface area contributed by atoms with E-state index >= 15 is 0 Å². The van der Waals surface area contributed by atoms with E-state index < -0.39 is 0 Å². The molecule has 5 heteroatoms. The highest BCUT2D eigenvalue weighted by Crippen LogP contribution is 2.25. The van der Waals surface area contributed by atoms with Crippen LogP contribution in [0.3, 0.4) is 0 Å². The molecule has 0 unspecified atom stereocenters. The zero-order valence-corrected chi connectivity index (χ0v) is 10.0. The van der Waals surface area contributed by atoms with Gasteiger partial charge in [0, 0.05) is 23.5 Å². The van der Waals surface area contributed by atoms with E-state index in [9.17, 15) is 0 Å². The van der Waals surface area contributed by atoms with Crippen LogP contribution in [0.15, 0.2) is 35.2 Å². The van der Waals surface area contributed by atoms with Crippen molar-refractivity contribution in [3.05, 3.63) is 36.4 Å². The predicted molar refractivity (Wildman–Crippen MR) is 66.3 cm³/mol. The first-order valence-electron chi connectivity index (χ1n) is 5.49. The molecular formula is C13H11N3O2. The summed E-state index contributed by atoms with van der Waals surface area (Å²) in [5, 5.41) is 4.80. The molecule has 0 aromatic carbocycles. The number of methoxy groups -OCH3 is 1. The van der Waals surface area contributed by atoms with Gasteiger partial charge in [-0.3, -0.25) is 4.98 Å². The normalized spacial score (nSPS) is 10.8. The Morgan fingerprint density at radius 1 is 1.11 bits per heavy atom. The van der Waals surface area contributed by atoms with Gasteiger partial charge < -0.3 is 9.26 Å². The Hall–Kier alpha value is -2.43. The molecule has 0 amide bonds. The SMILES string of the molecule is COc1cncc(-c2cnc3onc(C)c3c2)c1. The molecule has 90 valence electrons. The Labute approximate surface area is 103 Å². The summed E-state index contributed by atoms with van der Waals surface area (Å²) >= 11 is 0. The number of aryl methyl sites for hydroxylation is 1. The monoisotopic (exact) mass is 241 g/mol. The van der Waals surface area contributed by atoms with Gasteiger partial charge in [0.15, 0.2) is 0 Å². The van der Waals surface area contributed by atoms with Crippen molar-refractivity contribution in [3.63, 3.8) is 0 Å². The molecule has 18 heavy (non-hydrogen) atoms. The smallest absolute Gasteiger partial charge is 0.257 e. The van der Waals surface area contributed by atoms with Gasteiger partial charge in [-0.15, -0.1) is 0 Å². The van der Waals surface area contributed by atoms with E-state index in [2.05, 4.69) is 15.1 Å². The minimum Gasteiger partial charge on any atom is -0.495 e. The van der Waals surface area contributed by atoms with Crippen LogP contribution in [0.2, 0.25) is 0 Å². The molecule has 0 spiro atoms. The van der Waals surface area contributed by atoms with Gasteiger partial charge in [0.2, 0.25) is 0 Å². The van der Waals surface area contributed by atoms with Crippen LogP contribution in [0.4, 0.5) is 0 Å². The van der Waals surface area contributed by atoms with Crippen LogP contribution in [0.1, 0.15) is 5.69 Å². The number of aromatic nitrogens is 3. The highest BCUT2D eigenvalue weighted by atomic mass is 16.5. The Morgan fingerprint density at radius 2 is 1.94 bits per heavy atom. The molecule has 0 atom stereocenters. The molecule has 0 fully saturated rings. The van der Waals surface area contributed by atoms with Gasteiger partial charge in [-0.05, 0) is 19.1 Å². The molecular weight excluding hydrogens is 230 g/mol. The van der Waals surface area contributed by atoms with Gasteiger partial charge in [-0.2, -0.15) is 0 Å². The molecule has 0 bridgehead atoms. The summed E-state index contributed by atoms with van der Waals surface area (Å²) in [6.07, 6.45) is 5.18. The van der Waals surface area contributed by atoms with Crippen LogP contribution in [0.5, 0.6) is 5.75 Å². The Morgan fingerprint density at radius 3 is 2.78 bits per heavy atom. The van der Waals surface area contributed by atoms with Crippen molar-refractivity contribution in [2.24, 2.45) is 0 Å². The molecule has 5 nitrogen and oxygen atoms in total. The largest absolute Gasteiger partial charge is 0.495 e. The van der Waals surface area contributed by atoms with Gasteiger partial charge in [0.25, 0.3) is 5.71 Å². The summed E-state index contributed by atoms with van der Waals surface area (Å²) in [4.78, 5) is 8.37. The number of hydrogen-bond donors (Lipinski definition) is 0. The van der Waals surface area contributed by atoms with Crippen molar-refractivity contribution in [3.8, 4) is 16.9 Å². The van der Waals surface area contributed by atoms with Crippen molar-refractivity contribution in [1.82, 2.24) is 15.1 Å². The maximum absolute atomic E-state index is 5.16. The number of nitrogens with zero attached hydrogens (tertiary/aromatic N) is 3. The summed E-state index contributed by atoms with van der Waals surface area (Å²) in [6, 6.07) is 3.91. The minimum atomic E-state index is 0.548.